The minimum atomic E-state index is -3.77. The van der Waals surface area contributed by atoms with Crippen LogP contribution in [0.4, 0.5) is 26.1 Å². The van der Waals surface area contributed by atoms with Crippen LogP contribution in [-0.4, -0.2) is 98.9 Å². The van der Waals surface area contributed by atoms with Crippen molar-refractivity contribution in [3.05, 3.63) is 80.6 Å². The van der Waals surface area contributed by atoms with Crippen molar-refractivity contribution in [2.75, 3.05) is 50.0 Å². The molecule has 5 aromatic rings. The summed E-state index contributed by atoms with van der Waals surface area (Å²) in [5.41, 5.74) is 2.33. The number of imidazole rings is 1. The van der Waals surface area contributed by atoms with Crippen LogP contribution < -0.4 is 26.8 Å². The topological polar surface area (TPSA) is 177 Å². The summed E-state index contributed by atoms with van der Waals surface area (Å²) in [5, 5.41) is 5.88. The molecule has 1 aliphatic carbocycles. The number of para-hydroxylation sites is 1. The zero-order valence-electron chi connectivity index (χ0n) is 36.3. The normalized spacial score (nSPS) is 20.0. The molecule has 64 heavy (non-hydrogen) atoms. The number of fused-ring (bicyclic) bond motifs is 2. The highest BCUT2D eigenvalue weighted by Crippen LogP contribution is 2.35. The number of aryl methyl sites for hydroxylation is 2. The molecule has 1 atom stereocenters. The van der Waals surface area contributed by atoms with Gasteiger partial charge in [-0.2, -0.15) is 9.29 Å². The number of aromatic nitrogens is 5. The molecule has 3 aliphatic heterocycles. The molecule has 340 valence electrons. The van der Waals surface area contributed by atoms with Gasteiger partial charge in [0.15, 0.2) is 0 Å². The van der Waals surface area contributed by atoms with E-state index >= 15 is 0 Å². The predicted octanol–water partition coefficient (Wildman–Crippen LogP) is 5.53. The van der Waals surface area contributed by atoms with E-state index in [2.05, 4.69) is 37.4 Å². The number of alkyl halides is 2. The lowest BCUT2D eigenvalue weighted by Gasteiger charge is -2.40. The molecule has 1 saturated carbocycles. The first kappa shape index (κ1) is 43.7. The average Bonchev–Trinajstić information content (AvgIpc) is 3.90. The number of sulfonamides is 1. The number of amides is 2. The highest BCUT2D eigenvalue weighted by Gasteiger charge is 2.35. The number of piperidine rings is 3. The lowest BCUT2D eigenvalue weighted by molar-refractivity contribution is -0.135. The molecule has 0 radical (unpaired) electrons. The number of anilines is 3. The first-order valence-corrected chi connectivity index (χ1v) is 23.7. The number of imide groups is 1. The minimum absolute atomic E-state index is 0.171. The lowest BCUT2D eigenvalue weighted by Crippen LogP contribution is -2.46. The fourth-order valence-corrected chi connectivity index (χ4v) is 12.0. The maximum atomic E-state index is 13.9. The van der Waals surface area contributed by atoms with Crippen molar-refractivity contribution in [3.8, 4) is 0 Å². The molecular formula is C45H54F2N10O6S. The number of halogens is 2. The summed E-state index contributed by atoms with van der Waals surface area (Å²) < 4.78 is 61.5. The second-order valence-electron chi connectivity index (χ2n) is 17.9. The summed E-state index contributed by atoms with van der Waals surface area (Å²) in [6.45, 7) is 5.07. The van der Waals surface area contributed by atoms with E-state index in [1.165, 1.54) is 21.4 Å². The van der Waals surface area contributed by atoms with Gasteiger partial charge in [-0.05, 0) is 107 Å². The van der Waals surface area contributed by atoms with Gasteiger partial charge >= 0.3 is 5.69 Å². The number of benzene rings is 2. The van der Waals surface area contributed by atoms with Crippen molar-refractivity contribution in [1.29, 1.82) is 0 Å². The molecule has 4 aliphatic rings. The zero-order chi connectivity index (χ0) is 45.0. The van der Waals surface area contributed by atoms with Gasteiger partial charge in [-0.1, -0.05) is 18.9 Å². The van der Waals surface area contributed by atoms with Crippen LogP contribution in [0.25, 0.3) is 22.1 Å². The monoisotopic (exact) mass is 900 g/mol. The third kappa shape index (κ3) is 8.10. The first-order chi connectivity index (χ1) is 30.7. The standard InChI is InChI=1S/C45H54F2N10O6S/c1-27-23-32(11-12-34(27)49-44-48-25-29-24-33(40(46)47)43(60)56(41(29)51-44)31-7-4-5-8-31)64(62,63)55-21-15-28(16-22-55)26-52(2)30-17-19-54(20-18-30)35-9-6-10-36-39(35)53(3)45(61)57(36)37-13-14-38(58)50-42(37)59/h6,9-12,23-25,28,30-31,37,40H,4-5,7-8,13-22,26H2,1-3H3,(H,48,49,51)(H,50,58,59). The fourth-order valence-electron chi connectivity index (χ4n) is 10.4. The number of hydrogen-bond acceptors (Lipinski definition) is 11. The van der Waals surface area contributed by atoms with Gasteiger partial charge in [0, 0.05) is 75.5 Å². The second kappa shape index (κ2) is 17.5. The molecule has 0 bridgehead atoms. The summed E-state index contributed by atoms with van der Waals surface area (Å²) in [6.07, 6.45) is 5.52. The Morgan fingerprint density at radius 2 is 1.66 bits per heavy atom. The highest BCUT2D eigenvalue weighted by molar-refractivity contribution is 7.89. The van der Waals surface area contributed by atoms with Crippen LogP contribution in [-0.2, 0) is 26.7 Å². The van der Waals surface area contributed by atoms with Crippen molar-refractivity contribution in [2.24, 2.45) is 13.0 Å². The van der Waals surface area contributed by atoms with Crippen LogP contribution in [0, 0.1) is 12.8 Å². The van der Waals surface area contributed by atoms with E-state index in [0.29, 0.717) is 60.0 Å². The van der Waals surface area contributed by atoms with E-state index in [9.17, 15) is 36.4 Å². The van der Waals surface area contributed by atoms with Gasteiger partial charge in [-0.3, -0.25) is 33.4 Å². The lowest BCUT2D eigenvalue weighted by atomic mass is 9.95. The van der Waals surface area contributed by atoms with Crippen molar-refractivity contribution in [3.63, 3.8) is 0 Å². The molecule has 16 nitrogen and oxygen atoms in total. The summed E-state index contributed by atoms with van der Waals surface area (Å²) in [6, 6.07) is 11.2. The molecule has 0 spiro atoms. The van der Waals surface area contributed by atoms with Crippen LogP contribution in [0.1, 0.15) is 93.8 Å². The van der Waals surface area contributed by atoms with Gasteiger partial charge in [-0.25, -0.2) is 27.0 Å². The molecule has 3 aromatic heterocycles. The van der Waals surface area contributed by atoms with Crippen LogP contribution in [0.5, 0.6) is 0 Å². The molecule has 2 amide bonds. The van der Waals surface area contributed by atoms with E-state index in [1.807, 2.05) is 18.2 Å². The summed E-state index contributed by atoms with van der Waals surface area (Å²) >= 11 is 0. The number of hydrogen-bond donors (Lipinski definition) is 2. The quantitative estimate of drug-likeness (QED) is 0.160. The molecule has 9 rings (SSSR count). The van der Waals surface area contributed by atoms with E-state index in [1.54, 1.807) is 41.0 Å². The van der Waals surface area contributed by atoms with Crippen molar-refractivity contribution >= 4 is 61.2 Å². The molecule has 2 aromatic carbocycles. The summed E-state index contributed by atoms with van der Waals surface area (Å²) in [5.74, 6) is -0.267. The summed E-state index contributed by atoms with van der Waals surface area (Å²) in [4.78, 5) is 65.1. The highest BCUT2D eigenvalue weighted by atomic mass is 32.2. The Balaban J connectivity index is 0.805. The van der Waals surface area contributed by atoms with Gasteiger partial charge < -0.3 is 15.1 Å². The van der Waals surface area contributed by atoms with Crippen molar-refractivity contribution in [2.45, 2.75) is 101 Å². The fraction of sp³-hybridized carbons (Fsp3) is 0.511. The van der Waals surface area contributed by atoms with E-state index in [0.717, 1.165) is 69.4 Å². The van der Waals surface area contributed by atoms with E-state index in [-0.39, 0.29) is 47.0 Å². The van der Waals surface area contributed by atoms with Gasteiger partial charge in [0.25, 0.3) is 12.0 Å². The van der Waals surface area contributed by atoms with Crippen LogP contribution in [0.15, 0.2) is 63.1 Å². The van der Waals surface area contributed by atoms with Crippen LogP contribution in [0.3, 0.4) is 0 Å². The Bertz CT molecular complexity index is 2860. The van der Waals surface area contributed by atoms with Crippen molar-refractivity contribution in [1.82, 2.24) is 38.2 Å². The Hall–Kier alpha value is -5.53. The SMILES string of the molecule is Cc1cc(S(=O)(=O)N2CCC(CN(C)C3CCN(c4cccc5c4n(C)c(=O)n5C4CCC(=O)NC4=O)CC3)CC2)ccc1Nc1ncc2cc(C(F)F)c(=O)n(C3CCCC3)c2n1. The second-order valence-corrected chi connectivity index (χ2v) is 19.9. The predicted molar refractivity (Wildman–Crippen MR) is 239 cm³/mol. The van der Waals surface area contributed by atoms with Crippen molar-refractivity contribution < 1.29 is 26.8 Å². The molecular weight excluding hydrogens is 847 g/mol. The largest absolute Gasteiger partial charge is 0.370 e. The number of nitrogens with one attached hydrogen (secondary N) is 2. The molecule has 19 heteroatoms. The van der Waals surface area contributed by atoms with Gasteiger partial charge in [-0.15, -0.1) is 0 Å². The number of nitrogens with zero attached hydrogens (tertiary/aromatic N) is 8. The Morgan fingerprint density at radius 1 is 0.922 bits per heavy atom. The third-order valence-electron chi connectivity index (χ3n) is 14.0. The van der Waals surface area contributed by atoms with E-state index in [4.69, 9.17) is 0 Å². The molecule has 6 heterocycles. The smallest absolute Gasteiger partial charge is 0.329 e. The zero-order valence-corrected chi connectivity index (χ0v) is 37.1. The van der Waals surface area contributed by atoms with Crippen LogP contribution in [0.2, 0.25) is 0 Å². The molecule has 1 unspecified atom stereocenters. The number of carbonyl (C=O) groups excluding carboxylic acids is 2. The average molecular weight is 901 g/mol. The maximum Gasteiger partial charge on any atom is 0.329 e. The minimum Gasteiger partial charge on any atom is -0.370 e. The molecule has 2 N–H and O–H groups in total. The number of rotatable bonds is 11. The molecule has 4 fully saturated rings. The maximum absolute atomic E-state index is 13.9. The Morgan fingerprint density at radius 3 is 2.34 bits per heavy atom. The number of pyridine rings is 1. The van der Waals surface area contributed by atoms with Gasteiger partial charge in [0.2, 0.25) is 27.8 Å². The van der Waals surface area contributed by atoms with Crippen LogP contribution >= 0.6 is 0 Å². The molecule has 3 saturated heterocycles. The third-order valence-corrected chi connectivity index (χ3v) is 15.9. The Labute approximate surface area is 369 Å². The summed E-state index contributed by atoms with van der Waals surface area (Å²) in [7, 11) is 0.100. The van der Waals surface area contributed by atoms with E-state index < -0.39 is 39.5 Å². The Kier molecular flexibility index (Phi) is 11.9. The van der Waals surface area contributed by atoms with Gasteiger partial charge in [0.05, 0.1) is 27.2 Å². The van der Waals surface area contributed by atoms with Gasteiger partial charge in [0.1, 0.15) is 11.7 Å². The number of carbonyl (C=O) groups is 2. The first-order valence-electron chi connectivity index (χ1n) is 22.3.